The Hall–Kier alpha value is -1.05. The van der Waals surface area contributed by atoms with Crippen LogP contribution in [-0.2, 0) is 0 Å². The van der Waals surface area contributed by atoms with E-state index in [1.807, 2.05) is 13.0 Å². The number of rotatable bonds is 12. The van der Waals surface area contributed by atoms with Crippen LogP contribution in [0.15, 0.2) is 29.0 Å². The minimum atomic E-state index is 0.752. The van der Waals surface area contributed by atoms with Crippen LogP contribution < -0.4 is 5.32 Å². The van der Waals surface area contributed by atoms with Gasteiger partial charge in [0.15, 0.2) is 0 Å². The van der Waals surface area contributed by atoms with E-state index in [4.69, 9.17) is 4.99 Å². The summed E-state index contributed by atoms with van der Waals surface area (Å²) in [5.74, 6) is 2.61. The molecule has 2 atom stereocenters. The molecule has 2 nitrogen and oxygen atoms in total. The fraction of sp³-hybridized carbons (Fsp3) is 0.750. The number of aliphatic imine (C=N–C) groups is 1. The van der Waals surface area contributed by atoms with E-state index in [2.05, 4.69) is 52.1 Å². The van der Waals surface area contributed by atoms with Crippen molar-refractivity contribution >= 4 is 5.71 Å². The summed E-state index contributed by atoms with van der Waals surface area (Å²) in [7, 11) is 0. The van der Waals surface area contributed by atoms with Crippen molar-refractivity contribution in [2.75, 3.05) is 6.54 Å². The van der Waals surface area contributed by atoms with Crippen molar-refractivity contribution in [1.29, 1.82) is 0 Å². The zero-order valence-electron chi connectivity index (χ0n) is 15.8. The standard InChI is InChI=1S/C20H38N2/c1-7-11-14-20(22-18(6)12-8-2)21-16-19(13-9-3)15-17(5)10-4/h8,12,14,17,19,21H,7,9-11,13,15-16H2,1-6H3/b12-8-,20-14+,22-18+/t17?,19-/m1/s1. The molecule has 0 radical (unpaired) electrons. The van der Waals surface area contributed by atoms with E-state index >= 15 is 0 Å². The molecule has 0 saturated carbocycles. The van der Waals surface area contributed by atoms with Crippen LogP contribution in [0.25, 0.3) is 0 Å². The third-order valence-corrected chi connectivity index (χ3v) is 4.03. The Morgan fingerprint density at radius 2 is 1.91 bits per heavy atom. The highest BCUT2D eigenvalue weighted by molar-refractivity contribution is 5.93. The monoisotopic (exact) mass is 306 g/mol. The molecule has 0 heterocycles. The van der Waals surface area contributed by atoms with Gasteiger partial charge in [0.05, 0.1) is 0 Å². The molecule has 0 aliphatic heterocycles. The van der Waals surface area contributed by atoms with Crippen LogP contribution in [0.5, 0.6) is 0 Å². The topological polar surface area (TPSA) is 24.4 Å². The first kappa shape index (κ1) is 20.9. The number of nitrogens with one attached hydrogen (secondary N) is 1. The van der Waals surface area contributed by atoms with E-state index in [-0.39, 0.29) is 0 Å². The first-order valence-electron chi connectivity index (χ1n) is 9.19. The van der Waals surface area contributed by atoms with Gasteiger partial charge in [-0.2, -0.15) is 0 Å². The SMILES string of the molecule is C\C=C/C(C)=N/C(=C/CCC)NC[C@H](CCC)CC(C)CC. The maximum absolute atomic E-state index is 4.71. The normalized spacial score (nSPS) is 16.1. The molecule has 1 unspecified atom stereocenters. The van der Waals surface area contributed by atoms with Gasteiger partial charge in [0.25, 0.3) is 0 Å². The zero-order valence-corrected chi connectivity index (χ0v) is 15.8. The lowest BCUT2D eigenvalue weighted by Gasteiger charge is -2.21. The van der Waals surface area contributed by atoms with Crippen LogP contribution in [0.1, 0.15) is 80.1 Å². The smallest absolute Gasteiger partial charge is 0.122 e. The molecule has 0 aliphatic rings. The molecule has 1 N–H and O–H groups in total. The molecule has 0 aromatic rings. The molecule has 0 fully saturated rings. The van der Waals surface area contributed by atoms with Crippen molar-refractivity contribution in [1.82, 2.24) is 5.32 Å². The summed E-state index contributed by atoms with van der Waals surface area (Å²) in [5, 5.41) is 3.60. The average molecular weight is 307 g/mol. The summed E-state index contributed by atoms with van der Waals surface area (Å²) < 4.78 is 0. The van der Waals surface area contributed by atoms with Crippen LogP contribution in [0, 0.1) is 11.8 Å². The highest BCUT2D eigenvalue weighted by Crippen LogP contribution is 2.19. The minimum absolute atomic E-state index is 0.752. The van der Waals surface area contributed by atoms with Gasteiger partial charge in [-0.25, -0.2) is 4.99 Å². The van der Waals surface area contributed by atoms with Gasteiger partial charge in [-0.1, -0.05) is 53.0 Å². The first-order chi connectivity index (χ1) is 10.6. The molecular formula is C20H38N2. The predicted molar refractivity (Wildman–Crippen MR) is 101 cm³/mol. The van der Waals surface area contributed by atoms with E-state index in [0.717, 1.165) is 42.8 Å². The van der Waals surface area contributed by atoms with Gasteiger partial charge in [-0.15, -0.1) is 0 Å². The summed E-state index contributed by atoms with van der Waals surface area (Å²) in [6.45, 7) is 14.3. The van der Waals surface area contributed by atoms with Gasteiger partial charge in [-0.05, 0) is 57.1 Å². The quantitative estimate of drug-likeness (QED) is 0.432. The molecule has 2 heteroatoms. The Morgan fingerprint density at radius 3 is 2.45 bits per heavy atom. The van der Waals surface area contributed by atoms with Gasteiger partial charge < -0.3 is 5.32 Å². The lowest BCUT2D eigenvalue weighted by atomic mass is 9.91. The van der Waals surface area contributed by atoms with Crippen molar-refractivity contribution in [3.05, 3.63) is 24.0 Å². The molecule has 0 aromatic heterocycles. The molecule has 22 heavy (non-hydrogen) atoms. The Balaban J connectivity index is 4.72. The largest absolute Gasteiger partial charge is 0.370 e. The van der Waals surface area contributed by atoms with E-state index in [1.165, 1.54) is 25.7 Å². The lowest BCUT2D eigenvalue weighted by Crippen LogP contribution is -2.23. The summed E-state index contributed by atoms with van der Waals surface area (Å²) in [6, 6.07) is 0. The fourth-order valence-corrected chi connectivity index (χ4v) is 2.60. The van der Waals surface area contributed by atoms with Gasteiger partial charge in [-0.3, -0.25) is 0 Å². The molecule has 0 aliphatic carbocycles. The number of unbranched alkanes of at least 4 members (excludes halogenated alkanes) is 1. The maximum Gasteiger partial charge on any atom is 0.122 e. The Morgan fingerprint density at radius 1 is 1.18 bits per heavy atom. The van der Waals surface area contributed by atoms with Crippen molar-refractivity contribution in [2.24, 2.45) is 16.8 Å². The van der Waals surface area contributed by atoms with Crippen LogP contribution in [0.4, 0.5) is 0 Å². The summed E-state index contributed by atoms with van der Waals surface area (Å²) >= 11 is 0. The molecule has 128 valence electrons. The molecule has 0 saturated heterocycles. The van der Waals surface area contributed by atoms with Gasteiger partial charge in [0, 0.05) is 12.3 Å². The zero-order chi connectivity index (χ0) is 16.8. The molecular weight excluding hydrogens is 268 g/mol. The van der Waals surface area contributed by atoms with Crippen molar-refractivity contribution in [3.63, 3.8) is 0 Å². The number of nitrogens with zero attached hydrogens (tertiary/aromatic N) is 1. The number of allylic oxidation sites excluding steroid dienone is 3. The summed E-state index contributed by atoms with van der Waals surface area (Å²) in [6.07, 6.45) is 13.7. The summed E-state index contributed by atoms with van der Waals surface area (Å²) in [4.78, 5) is 4.71. The Labute approximate surface area is 139 Å². The van der Waals surface area contributed by atoms with Crippen LogP contribution in [0.2, 0.25) is 0 Å². The molecule has 0 spiro atoms. The van der Waals surface area contributed by atoms with Gasteiger partial charge >= 0.3 is 0 Å². The average Bonchev–Trinajstić information content (AvgIpc) is 2.49. The second-order valence-electron chi connectivity index (χ2n) is 6.42. The Kier molecular flexibility index (Phi) is 13.0. The molecule has 0 rings (SSSR count). The highest BCUT2D eigenvalue weighted by Gasteiger charge is 2.12. The second kappa shape index (κ2) is 13.6. The van der Waals surface area contributed by atoms with E-state index in [0.29, 0.717) is 0 Å². The fourth-order valence-electron chi connectivity index (χ4n) is 2.60. The van der Waals surface area contributed by atoms with Crippen LogP contribution >= 0.6 is 0 Å². The van der Waals surface area contributed by atoms with E-state index < -0.39 is 0 Å². The van der Waals surface area contributed by atoms with E-state index in [9.17, 15) is 0 Å². The lowest BCUT2D eigenvalue weighted by molar-refractivity contribution is 0.352. The number of hydrogen-bond donors (Lipinski definition) is 1. The second-order valence-corrected chi connectivity index (χ2v) is 6.42. The minimum Gasteiger partial charge on any atom is -0.370 e. The first-order valence-corrected chi connectivity index (χ1v) is 9.19. The predicted octanol–water partition coefficient (Wildman–Crippen LogP) is 6.11. The van der Waals surface area contributed by atoms with Crippen molar-refractivity contribution in [3.8, 4) is 0 Å². The maximum atomic E-state index is 4.71. The number of hydrogen-bond acceptors (Lipinski definition) is 2. The molecule has 0 aromatic carbocycles. The van der Waals surface area contributed by atoms with Crippen LogP contribution in [-0.4, -0.2) is 12.3 Å². The molecule has 0 bridgehead atoms. The van der Waals surface area contributed by atoms with Crippen molar-refractivity contribution in [2.45, 2.75) is 80.1 Å². The van der Waals surface area contributed by atoms with Crippen LogP contribution in [0.3, 0.4) is 0 Å². The Bertz CT molecular complexity index is 353. The molecule has 0 amide bonds. The highest BCUT2D eigenvalue weighted by atomic mass is 15.0. The summed E-state index contributed by atoms with van der Waals surface area (Å²) in [5.41, 5.74) is 1.06. The van der Waals surface area contributed by atoms with Crippen molar-refractivity contribution < 1.29 is 0 Å². The third kappa shape index (κ3) is 10.6. The van der Waals surface area contributed by atoms with Gasteiger partial charge in [0.2, 0.25) is 0 Å². The third-order valence-electron chi connectivity index (χ3n) is 4.03. The van der Waals surface area contributed by atoms with Gasteiger partial charge in [0.1, 0.15) is 5.82 Å². The van der Waals surface area contributed by atoms with E-state index in [1.54, 1.807) is 0 Å².